The molecule has 3 rings (SSSR count). The Morgan fingerprint density at radius 3 is 2.78 bits per heavy atom. The molecule has 4 heteroatoms. The normalized spacial score (nSPS) is 11.0. The van der Waals surface area contributed by atoms with Gasteiger partial charge in [0, 0.05) is 10.0 Å². The van der Waals surface area contributed by atoms with E-state index in [9.17, 15) is 0 Å². The summed E-state index contributed by atoms with van der Waals surface area (Å²) in [5, 5.41) is 9.12. The topological polar surface area (TPSA) is 48.9 Å². The van der Waals surface area contributed by atoms with Crippen LogP contribution < -0.4 is 0 Å². The van der Waals surface area contributed by atoms with Crippen LogP contribution in [0.4, 0.5) is 0 Å². The standard InChI is InChI=1S/C14H11BrN2O/c15-11-4-2-1-3-10(11)14-16-12-6-5-9(8-18)7-13(12)17-14/h1-7,18H,8H2,(H,16,17). The summed E-state index contributed by atoms with van der Waals surface area (Å²) < 4.78 is 1.01. The Hall–Kier alpha value is -1.65. The molecule has 0 unspecified atom stereocenters. The average molecular weight is 303 g/mol. The number of aliphatic hydroxyl groups excluding tert-OH is 1. The minimum Gasteiger partial charge on any atom is -0.392 e. The van der Waals surface area contributed by atoms with E-state index in [1.165, 1.54) is 0 Å². The van der Waals surface area contributed by atoms with Gasteiger partial charge in [0.05, 0.1) is 17.6 Å². The van der Waals surface area contributed by atoms with Crippen LogP contribution in [0.3, 0.4) is 0 Å². The molecule has 0 bridgehead atoms. The second-order valence-electron chi connectivity index (χ2n) is 4.07. The van der Waals surface area contributed by atoms with Crippen LogP contribution in [0.1, 0.15) is 5.56 Å². The van der Waals surface area contributed by atoms with Gasteiger partial charge >= 0.3 is 0 Å². The highest BCUT2D eigenvalue weighted by Gasteiger charge is 2.08. The zero-order chi connectivity index (χ0) is 12.5. The minimum absolute atomic E-state index is 0.0410. The fraction of sp³-hybridized carbons (Fsp3) is 0.0714. The van der Waals surface area contributed by atoms with E-state index in [-0.39, 0.29) is 6.61 Å². The summed E-state index contributed by atoms with van der Waals surface area (Å²) in [6.07, 6.45) is 0. The van der Waals surface area contributed by atoms with Crippen molar-refractivity contribution in [1.29, 1.82) is 0 Å². The number of halogens is 1. The van der Waals surface area contributed by atoms with Gasteiger partial charge in [-0.05, 0) is 23.8 Å². The smallest absolute Gasteiger partial charge is 0.139 e. The van der Waals surface area contributed by atoms with Gasteiger partial charge in [-0.1, -0.05) is 40.2 Å². The number of hydrogen-bond acceptors (Lipinski definition) is 2. The Bertz CT molecular complexity index is 706. The third kappa shape index (κ3) is 1.94. The molecule has 0 saturated carbocycles. The molecule has 2 N–H and O–H groups in total. The van der Waals surface area contributed by atoms with Gasteiger partial charge in [0.15, 0.2) is 0 Å². The lowest BCUT2D eigenvalue weighted by Gasteiger charge is -1.98. The van der Waals surface area contributed by atoms with Gasteiger partial charge in [-0.15, -0.1) is 0 Å². The van der Waals surface area contributed by atoms with Crippen molar-refractivity contribution in [3.8, 4) is 11.4 Å². The molecule has 18 heavy (non-hydrogen) atoms. The first kappa shape index (κ1) is 11.4. The van der Waals surface area contributed by atoms with Gasteiger partial charge < -0.3 is 10.1 Å². The summed E-state index contributed by atoms with van der Waals surface area (Å²) in [5.74, 6) is 0.826. The summed E-state index contributed by atoms with van der Waals surface area (Å²) in [6.45, 7) is 0.0410. The highest BCUT2D eigenvalue weighted by atomic mass is 79.9. The van der Waals surface area contributed by atoms with E-state index in [2.05, 4.69) is 25.9 Å². The number of fused-ring (bicyclic) bond motifs is 1. The molecule has 2 aromatic carbocycles. The summed E-state index contributed by atoms with van der Waals surface area (Å²) in [6, 6.07) is 13.7. The molecule has 0 amide bonds. The van der Waals surface area contributed by atoms with E-state index < -0.39 is 0 Å². The molecular formula is C14H11BrN2O. The van der Waals surface area contributed by atoms with E-state index in [0.717, 1.165) is 32.5 Å². The maximum absolute atomic E-state index is 9.12. The van der Waals surface area contributed by atoms with Gasteiger partial charge in [0.2, 0.25) is 0 Å². The summed E-state index contributed by atoms with van der Waals surface area (Å²) in [5.41, 5.74) is 3.74. The summed E-state index contributed by atoms with van der Waals surface area (Å²) in [7, 11) is 0. The van der Waals surface area contributed by atoms with Crippen LogP contribution >= 0.6 is 15.9 Å². The van der Waals surface area contributed by atoms with Gasteiger partial charge in [0.25, 0.3) is 0 Å². The molecule has 1 aromatic heterocycles. The SMILES string of the molecule is OCc1ccc2nc(-c3ccccc3Br)[nH]c2c1. The molecule has 0 atom stereocenters. The fourth-order valence-corrected chi connectivity index (χ4v) is 2.41. The monoisotopic (exact) mass is 302 g/mol. The molecule has 0 aliphatic rings. The summed E-state index contributed by atoms with van der Waals surface area (Å²) >= 11 is 3.52. The fourth-order valence-electron chi connectivity index (χ4n) is 1.94. The molecule has 0 fully saturated rings. The van der Waals surface area contributed by atoms with Crippen LogP contribution in [-0.2, 0) is 6.61 Å². The third-order valence-corrected chi connectivity index (χ3v) is 3.55. The lowest BCUT2D eigenvalue weighted by Crippen LogP contribution is -1.81. The Balaban J connectivity index is 2.17. The van der Waals surface area contributed by atoms with Crippen LogP contribution in [0.15, 0.2) is 46.9 Å². The van der Waals surface area contributed by atoms with E-state index in [1.807, 2.05) is 42.5 Å². The van der Waals surface area contributed by atoms with Crippen molar-refractivity contribution in [2.75, 3.05) is 0 Å². The molecule has 3 nitrogen and oxygen atoms in total. The molecule has 1 heterocycles. The summed E-state index contributed by atoms with van der Waals surface area (Å²) in [4.78, 5) is 7.83. The van der Waals surface area contributed by atoms with E-state index >= 15 is 0 Å². The van der Waals surface area contributed by atoms with Gasteiger partial charge in [0.1, 0.15) is 5.82 Å². The lowest BCUT2D eigenvalue weighted by atomic mass is 10.2. The molecule has 0 radical (unpaired) electrons. The first-order chi connectivity index (χ1) is 8.78. The predicted octanol–water partition coefficient (Wildman–Crippen LogP) is 3.48. The molecule has 0 saturated heterocycles. The van der Waals surface area contributed by atoms with Crippen molar-refractivity contribution in [3.05, 3.63) is 52.5 Å². The predicted molar refractivity (Wildman–Crippen MR) is 75.2 cm³/mol. The van der Waals surface area contributed by atoms with Crippen LogP contribution in [0.25, 0.3) is 22.4 Å². The molecule has 3 aromatic rings. The highest BCUT2D eigenvalue weighted by Crippen LogP contribution is 2.27. The number of nitrogens with zero attached hydrogens (tertiary/aromatic N) is 1. The van der Waals surface area contributed by atoms with Crippen molar-refractivity contribution in [3.63, 3.8) is 0 Å². The molecule has 90 valence electrons. The van der Waals surface area contributed by atoms with Crippen molar-refractivity contribution in [1.82, 2.24) is 9.97 Å². The number of H-pyrrole nitrogens is 1. The van der Waals surface area contributed by atoms with Crippen molar-refractivity contribution in [2.24, 2.45) is 0 Å². The number of hydrogen-bond donors (Lipinski definition) is 2. The van der Waals surface area contributed by atoms with Gasteiger partial charge in [-0.25, -0.2) is 4.98 Å². The first-order valence-corrected chi connectivity index (χ1v) is 6.41. The van der Waals surface area contributed by atoms with Crippen molar-refractivity contribution < 1.29 is 5.11 Å². The Labute approximate surface area is 113 Å². The van der Waals surface area contributed by atoms with Crippen LogP contribution in [0.5, 0.6) is 0 Å². The first-order valence-electron chi connectivity index (χ1n) is 5.62. The third-order valence-electron chi connectivity index (χ3n) is 2.86. The minimum atomic E-state index is 0.0410. The van der Waals surface area contributed by atoms with E-state index in [0.29, 0.717) is 0 Å². The maximum atomic E-state index is 9.12. The quantitative estimate of drug-likeness (QED) is 0.761. The average Bonchev–Trinajstić information content (AvgIpc) is 2.81. The Kier molecular flexibility index (Phi) is 2.89. The number of aromatic amines is 1. The van der Waals surface area contributed by atoms with Crippen LogP contribution in [0, 0.1) is 0 Å². The lowest BCUT2D eigenvalue weighted by molar-refractivity contribution is 0.282. The second-order valence-corrected chi connectivity index (χ2v) is 4.93. The highest BCUT2D eigenvalue weighted by molar-refractivity contribution is 9.10. The molecule has 0 aliphatic carbocycles. The molecule has 0 spiro atoms. The maximum Gasteiger partial charge on any atom is 0.139 e. The zero-order valence-electron chi connectivity index (χ0n) is 9.52. The van der Waals surface area contributed by atoms with Crippen molar-refractivity contribution in [2.45, 2.75) is 6.61 Å². The van der Waals surface area contributed by atoms with E-state index in [1.54, 1.807) is 0 Å². The van der Waals surface area contributed by atoms with Crippen LogP contribution in [-0.4, -0.2) is 15.1 Å². The number of rotatable bonds is 2. The Morgan fingerprint density at radius 2 is 2.00 bits per heavy atom. The zero-order valence-corrected chi connectivity index (χ0v) is 11.1. The molecular weight excluding hydrogens is 292 g/mol. The van der Waals surface area contributed by atoms with Gasteiger partial charge in [-0.2, -0.15) is 0 Å². The second kappa shape index (κ2) is 4.55. The number of benzene rings is 2. The number of aromatic nitrogens is 2. The number of imidazole rings is 1. The van der Waals surface area contributed by atoms with Crippen molar-refractivity contribution >= 4 is 27.0 Å². The largest absolute Gasteiger partial charge is 0.392 e. The Morgan fingerprint density at radius 1 is 1.17 bits per heavy atom. The van der Waals surface area contributed by atoms with Gasteiger partial charge in [-0.3, -0.25) is 0 Å². The number of aliphatic hydroxyl groups is 1. The van der Waals surface area contributed by atoms with E-state index in [4.69, 9.17) is 5.11 Å². The molecule has 0 aliphatic heterocycles. The van der Waals surface area contributed by atoms with Crippen LogP contribution in [0.2, 0.25) is 0 Å². The number of nitrogens with one attached hydrogen (secondary N) is 1.